The third-order valence-corrected chi connectivity index (χ3v) is 15.4. The lowest BCUT2D eigenvalue weighted by atomic mass is 9.55. The van der Waals surface area contributed by atoms with Gasteiger partial charge in [-0.1, -0.05) is 84.9 Å². The first kappa shape index (κ1) is 38.3. The average Bonchev–Trinajstić information content (AvgIpc) is 3.20. The Labute approximate surface area is 346 Å². The molecule has 0 saturated heterocycles. The fourth-order valence-electron chi connectivity index (χ4n) is 13.1. The summed E-state index contributed by atoms with van der Waals surface area (Å²) in [6, 6.07) is 27.7. The number of ether oxygens (including phenoxy) is 3. The molecule has 9 nitrogen and oxygen atoms in total. The number of fused-ring (bicyclic) bond motifs is 2. The van der Waals surface area contributed by atoms with E-state index in [1.165, 1.54) is 12.8 Å². The lowest BCUT2D eigenvalue weighted by Gasteiger charge is -2.53. The van der Waals surface area contributed by atoms with Crippen molar-refractivity contribution < 1.29 is 33.4 Å². The number of rotatable bonds is 10. The van der Waals surface area contributed by atoms with E-state index in [0.717, 1.165) is 84.0 Å². The Morgan fingerprint density at radius 1 is 0.492 bits per heavy atom. The maximum Gasteiger partial charge on any atom is 0.408 e. The number of hydrogen-bond donors (Lipinski definition) is 2. The summed E-state index contributed by atoms with van der Waals surface area (Å²) in [6.07, 6.45) is 9.48. The predicted octanol–water partition coefficient (Wildman–Crippen LogP) is 9.47. The number of amides is 2. The van der Waals surface area contributed by atoms with Gasteiger partial charge in [-0.25, -0.2) is 19.2 Å². The van der Waals surface area contributed by atoms with Gasteiger partial charge in [0.05, 0.1) is 0 Å². The Hall–Kier alpha value is -4.92. The Balaban J connectivity index is 0.910. The number of nitrogens with one attached hydrogen (secondary N) is 2. The molecule has 308 valence electrons. The highest BCUT2D eigenvalue weighted by Crippen LogP contribution is 2.56. The van der Waals surface area contributed by atoms with Crippen LogP contribution in [-0.4, -0.2) is 47.4 Å². The summed E-state index contributed by atoms with van der Waals surface area (Å²) in [6.45, 7) is 3.18. The molecule has 0 radical (unpaired) electrons. The van der Waals surface area contributed by atoms with Crippen molar-refractivity contribution in [3.63, 3.8) is 0 Å². The van der Waals surface area contributed by atoms with Crippen LogP contribution in [0, 0.1) is 47.3 Å². The number of benzene rings is 4. The third kappa shape index (κ3) is 7.59. The molecule has 9 heteroatoms. The molecule has 59 heavy (non-hydrogen) atoms. The molecule has 4 aromatic carbocycles. The first-order valence-corrected chi connectivity index (χ1v) is 22.1. The summed E-state index contributed by atoms with van der Waals surface area (Å²) in [5, 5.41) is 9.85. The fourth-order valence-corrected chi connectivity index (χ4v) is 13.1. The molecule has 8 bridgehead atoms. The minimum atomic E-state index is -1.69. The summed E-state index contributed by atoms with van der Waals surface area (Å²) < 4.78 is 18.3. The van der Waals surface area contributed by atoms with Gasteiger partial charge in [0.25, 0.3) is 0 Å². The first-order valence-electron chi connectivity index (χ1n) is 22.1. The van der Waals surface area contributed by atoms with Crippen molar-refractivity contribution in [1.82, 2.24) is 10.6 Å². The van der Waals surface area contributed by atoms with Gasteiger partial charge in [-0.3, -0.25) is 0 Å². The summed E-state index contributed by atoms with van der Waals surface area (Å²) in [5.74, 6) is 2.30. The summed E-state index contributed by atoms with van der Waals surface area (Å²) >= 11 is 0. The number of esters is 2. The van der Waals surface area contributed by atoms with Gasteiger partial charge < -0.3 is 24.8 Å². The molecular formula is C50H56N2O7. The zero-order chi connectivity index (χ0) is 40.5. The molecule has 2 amide bonds. The fraction of sp³-hybridized carbons (Fsp3) is 0.520. The highest BCUT2D eigenvalue weighted by molar-refractivity contribution is 5.98. The van der Waals surface area contributed by atoms with Crippen LogP contribution in [0.25, 0.3) is 21.5 Å². The monoisotopic (exact) mass is 796 g/mol. The second-order valence-electron chi connectivity index (χ2n) is 19.9. The molecule has 2 unspecified atom stereocenters. The normalized spacial score (nSPS) is 31.9. The zero-order valence-corrected chi connectivity index (χ0v) is 34.2. The lowest BCUT2D eigenvalue weighted by molar-refractivity contribution is -0.168. The van der Waals surface area contributed by atoms with Crippen molar-refractivity contribution >= 4 is 45.7 Å². The average molecular weight is 797 g/mol. The van der Waals surface area contributed by atoms with Crippen LogP contribution in [0.5, 0.6) is 0 Å². The van der Waals surface area contributed by atoms with E-state index in [2.05, 4.69) is 10.6 Å². The summed E-state index contributed by atoms with van der Waals surface area (Å²) in [5.41, 5.74) is -1.82. The number of alkyl carbamates (subject to hydrolysis) is 2. The third-order valence-electron chi connectivity index (χ3n) is 15.4. The second kappa shape index (κ2) is 15.0. The van der Waals surface area contributed by atoms with Crippen LogP contribution >= 0.6 is 0 Å². The largest absolute Gasteiger partial charge is 0.446 e. The maximum atomic E-state index is 14.6. The highest BCUT2D eigenvalue weighted by Gasteiger charge is 2.52. The molecule has 12 rings (SSSR count). The Kier molecular flexibility index (Phi) is 9.71. The van der Waals surface area contributed by atoms with Gasteiger partial charge in [-0.2, -0.15) is 0 Å². The highest BCUT2D eigenvalue weighted by atomic mass is 16.6. The van der Waals surface area contributed by atoms with Crippen LogP contribution in [0.3, 0.4) is 0 Å². The van der Waals surface area contributed by atoms with E-state index in [1.54, 1.807) is 13.8 Å². The van der Waals surface area contributed by atoms with Crippen molar-refractivity contribution in [3.8, 4) is 0 Å². The van der Waals surface area contributed by atoms with Gasteiger partial charge >= 0.3 is 24.1 Å². The minimum Gasteiger partial charge on any atom is -0.446 e. The van der Waals surface area contributed by atoms with Crippen LogP contribution in [-0.2, 0) is 36.6 Å². The van der Waals surface area contributed by atoms with E-state index in [0.29, 0.717) is 47.3 Å². The molecule has 8 fully saturated rings. The van der Waals surface area contributed by atoms with Gasteiger partial charge in [0.15, 0.2) is 0 Å². The molecule has 2 N–H and O–H groups in total. The van der Waals surface area contributed by atoms with Crippen molar-refractivity contribution in [2.75, 3.05) is 0 Å². The van der Waals surface area contributed by atoms with E-state index in [-0.39, 0.29) is 25.0 Å². The smallest absolute Gasteiger partial charge is 0.408 e. The second-order valence-corrected chi connectivity index (χ2v) is 19.9. The summed E-state index contributed by atoms with van der Waals surface area (Å²) in [7, 11) is 0. The molecular weight excluding hydrogens is 741 g/mol. The summed E-state index contributed by atoms with van der Waals surface area (Å²) in [4.78, 5) is 57.1. The molecule has 0 aromatic heterocycles. The van der Waals surface area contributed by atoms with E-state index < -0.39 is 35.2 Å². The molecule has 8 aliphatic carbocycles. The standard InChI is InChI=1S/C50H56N2O7/c1-49(27-29-11-13-35-7-3-5-9-37(35)17-29,51-47(55)57-43-39-19-31-15-32(21-39)22-40(43)20-31)45(53)59-46(54)50(2,28-30-12-14-36-8-4-6-10-38(36)18-30)52-48(56)58-44-41-23-33-16-34(25-41)26-42(44)24-33/h3-14,17-18,31-34,39-44H,15-16,19-28H2,1-2H3,(H,51,55)(H,52,56). The number of carbonyl (C=O) groups is 4. The van der Waals surface area contributed by atoms with Crippen molar-refractivity contribution in [2.24, 2.45) is 47.3 Å². The Morgan fingerprint density at radius 2 is 0.831 bits per heavy atom. The van der Waals surface area contributed by atoms with E-state index >= 15 is 0 Å². The number of carbonyl (C=O) groups excluding carboxylic acids is 4. The lowest BCUT2D eigenvalue weighted by Crippen LogP contribution is -2.60. The van der Waals surface area contributed by atoms with Gasteiger partial charge in [-0.05, 0) is 158 Å². The van der Waals surface area contributed by atoms with Crippen LogP contribution in [0.2, 0.25) is 0 Å². The van der Waals surface area contributed by atoms with E-state index in [1.807, 2.05) is 84.9 Å². The Bertz CT molecular complexity index is 2090. The molecule has 8 aliphatic rings. The molecule has 0 aliphatic heterocycles. The van der Waals surface area contributed by atoms with E-state index in [4.69, 9.17) is 14.2 Å². The number of hydrogen-bond acceptors (Lipinski definition) is 7. The molecule has 8 saturated carbocycles. The quantitative estimate of drug-likeness (QED) is 0.0933. The SMILES string of the molecule is CC(Cc1ccc2ccccc2c1)(NC(=O)OC1C2CC3CC(C2)CC1C3)C(=O)OC(=O)C(C)(Cc1ccc2ccccc2c1)NC(=O)OC1C2CC3CC(C2)CC1C3. The van der Waals surface area contributed by atoms with Crippen molar-refractivity contribution in [1.29, 1.82) is 0 Å². The minimum absolute atomic E-state index is 0.0457. The van der Waals surface area contributed by atoms with Crippen LogP contribution < -0.4 is 10.6 Å². The zero-order valence-electron chi connectivity index (χ0n) is 34.2. The molecule has 4 aromatic rings. The van der Waals surface area contributed by atoms with Crippen LogP contribution in [0.1, 0.15) is 89.2 Å². The van der Waals surface area contributed by atoms with Gasteiger partial charge in [0.1, 0.15) is 23.3 Å². The molecule has 2 atom stereocenters. The topological polar surface area (TPSA) is 120 Å². The van der Waals surface area contributed by atoms with Crippen LogP contribution in [0.15, 0.2) is 84.9 Å². The van der Waals surface area contributed by atoms with E-state index in [9.17, 15) is 19.2 Å². The maximum absolute atomic E-state index is 14.6. The van der Waals surface area contributed by atoms with Gasteiger partial charge in [0, 0.05) is 12.8 Å². The Morgan fingerprint density at radius 3 is 1.19 bits per heavy atom. The van der Waals surface area contributed by atoms with Gasteiger partial charge in [-0.15, -0.1) is 0 Å². The molecule has 0 heterocycles. The predicted molar refractivity (Wildman–Crippen MR) is 224 cm³/mol. The van der Waals surface area contributed by atoms with Crippen molar-refractivity contribution in [2.45, 2.75) is 114 Å². The first-order chi connectivity index (χ1) is 28.4. The van der Waals surface area contributed by atoms with Crippen LogP contribution in [0.4, 0.5) is 9.59 Å². The van der Waals surface area contributed by atoms with Crippen molar-refractivity contribution in [3.05, 3.63) is 96.1 Å². The molecule has 0 spiro atoms. The van der Waals surface area contributed by atoms with Gasteiger partial charge in [0.2, 0.25) is 0 Å².